The predicted molar refractivity (Wildman–Crippen MR) is 325 cm³/mol. The van der Waals surface area contributed by atoms with Crippen molar-refractivity contribution in [3.63, 3.8) is 0 Å². The van der Waals surface area contributed by atoms with Crippen molar-refractivity contribution in [1.82, 2.24) is 13.7 Å². The number of benzene rings is 12. The summed E-state index contributed by atoms with van der Waals surface area (Å²) in [6.45, 7) is 4.81. The van der Waals surface area contributed by atoms with Gasteiger partial charge in [-0.3, -0.25) is 0 Å². The quantitative estimate of drug-likeness (QED) is 0.156. The van der Waals surface area contributed by atoms with Crippen molar-refractivity contribution in [1.29, 1.82) is 0 Å². The van der Waals surface area contributed by atoms with Gasteiger partial charge >= 0.3 is 0 Å². The molecule has 362 valence electrons. The standard InChI is InChI=1S/C73H50N4/c1-73(2)63-45-48(47-33-41-72-62(44-47)61-26-12-15-29-67(61)75(72)49-18-4-3-5-19-49)32-39-53(63)54-40-38-52(46-64(54)73)74(50-34-36-51(37-35-50)76-65-27-13-8-22-55(65)56-23-9-14-28-66(56)76)70-42-43-71(60-21-7-6-20-59(60)70)77-68-30-16-10-24-57(68)58-25-11-17-31-69(58)77/h3-46H,1-2H3. The van der Waals surface area contributed by atoms with E-state index in [0.29, 0.717) is 0 Å². The van der Waals surface area contributed by atoms with Crippen LogP contribution in [-0.4, -0.2) is 13.7 Å². The number of para-hydroxylation sites is 6. The number of fused-ring (bicyclic) bond motifs is 13. The van der Waals surface area contributed by atoms with Crippen molar-refractivity contribution >= 4 is 93.3 Å². The molecule has 0 atom stereocenters. The number of anilines is 3. The zero-order chi connectivity index (χ0) is 50.9. The molecule has 16 rings (SSSR count). The Morgan fingerprint density at radius 3 is 1.29 bits per heavy atom. The Morgan fingerprint density at radius 1 is 0.286 bits per heavy atom. The minimum Gasteiger partial charge on any atom is -0.310 e. The first-order valence-electron chi connectivity index (χ1n) is 26.8. The average Bonchev–Trinajstić information content (AvgIpc) is 4.20. The molecule has 15 aromatic rings. The van der Waals surface area contributed by atoms with E-state index in [1.807, 2.05) is 0 Å². The van der Waals surface area contributed by atoms with Crippen molar-refractivity contribution in [2.24, 2.45) is 0 Å². The SMILES string of the molecule is CC1(C)c2cc(-c3ccc4c(c3)c3ccccc3n4-c3ccccc3)ccc2-c2ccc(N(c3ccc(-n4c5ccccc5c5ccccc54)cc3)c3ccc(-n4c5ccccc5c5ccccc54)c4ccccc34)cc21. The Morgan fingerprint density at radius 2 is 0.701 bits per heavy atom. The first-order chi connectivity index (χ1) is 38.0. The molecule has 0 radical (unpaired) electrons. The van der Waals surface area contributed by atoms with E-state index in [-0.39, 0.29) is 5.41 Å². The first-order valence-corrected chi connectivity index (χ1v) is 26.8. The van der Waals surface area contributed by atoms with E-state index in [1.165, 1.54) is 115 Å². The van der Waals surface area contributed by atoms with Gasteiger partial charge < -0.3 is 18.6 Å². The van der Waals surface area contributed by atoms with Crippen LogP contribution in [0.15, 0.2) is 267 Å². The summed E-state index contributed by atoms with van der Waals surface area (Å²) in [4.78, 5) is 2.49. The van der Waals surface area contributed by atoms with Gasteiger partial charge in [-0.05, 0) is 143 Å². The lowest BCUT2D eigenvalue weighted by Crippen LogP contribution is -2.17. The van der Waals surface area contributed by atoms with Crippen LogP contribution in [0.1, 0.15) is 25.0 Å². The van der Waals surface area contributed by atoms with Gasteiger partial charge in [0.25, 0.3) is 0 Å². The van der Waals surface area contributed by atoms with Crippen LogP contribution in [0.4, 0.5) is 17.1 Å². The molecular weight excluding hydrogens is 933 g/mol. The van der Waals surface area contributed by atoms with Crippen molar-refractivity contribution < 1.29 is 0 Å². The molecule has 0 spiro atoms. The zero-order valence-corrected chi connectivity index (χ0v) is 42.7. The normalized spacial score (nSPS) is 12.9. The smallest absolute Gasteiger partial charge is 0.0542 e. The van der Waals surface area contributed by atoms with Crippen molar-refractivity contribution in [3.8, 4) is 39.3 Å². The van der Waals surface area contributed by atoms with Gasteiger partial charge in [-0.25, -0.2) is 0 Å². The van der Waals surface area contributed by atoms with Crippen LogP contribution in [0.25, 0.3) is 116 Å². The van der Waals surface area contributed by atoms with E-state index in [1.54, 1.807) is 0 Å². The van der Waals surface area contributed by atoms with Crippen LogP contribution in [0.2, 0.25) is 0 Å². The average molecular weight is 983 g/mol. The van der Waals surface area contributed by atoms with Crippen LogP contribution in [0, 0.1) is 0 Å². The maximum Gasteiger partial charge on any atom is 0.0542 e. The molecule has 3 aromatic heterocycles. The monoisotopic (exact) mass is 982 g/mol. The fraction of sp³-hybridized carbons (Fsp3) is 0.0411. The van der Waals surface area contributed by atoms with Crippen LogP contribution in [0.3, 0.4) is 0 Å². The lowest BCUT2D eigenvalue weighted by Gasteiger charge is -2.30. The van der Waals surface area contributed by atoms with Crippen molar-refractivity contribution in [2.45, 2.75) is 19.3 Å². The molecule has 3 heterocycles. The van der Waals surface area contributed by atoms with Gasteiger partial charge in [0.2, 0.25) is 0 Å². The van der Waals surface area contributed by atoms with E-state index in [2.05, 4.69) is 299 Å². The second-order valence-electron chi connectivity index (χ2n) is 21.3. The third-order valence-electron chi connectivity index (χ3n) is 16.8. The lowest BCUT2D eigenvalue weighted by atomic mass is 9.81. The Hall–Kier alpha value is -9.90. The lowest BCUT2D eigenvalue weighted by molar-refractivity contribution is 0.660. The topological polar surface area (TPSA) is 18.0 Å². The Labute approximate surface area is 446 Å². The molecule has 0 amide bonds. The van der Waals surface area contributed by atoms with Gasteiger partial charge in [0, 0.05) is 71.3 Å². The molecule has 1 aliphatic carbocycles. The Bertz CT molecular complexity index is 4790. The summed E-state index contributed by atoms with van der Waals surface area (Å²) < 4.78 is 7.24. The van der Waals surface area contributed by atoms with Gasteiger partial charge in [0.1, 0.15) is 0 Å². The van der Waals surface area contributed by atoms with Gasteiger partial charge in [-0.15, -0.1) is 0 Å². The van der Waals surface area contributed by atoms with E-state index < -0.39 is 0 Å². The summed E-state index contributed by atoms with van der Waals surface area (Å²) in [5.74, 6) is 0. The highest BCUT2D eigenvalue weighted by Gasteiger charge is 2.37. The van der Waals surface area contributed by atoms with Crippen molar-refractivity contribution in [2.75, 3.05) is 4.90 Å². The highest BCUT2D eigenvalue weighted by atomic mass is 15.1. The van der Waals surface area contributed by atoms with E-state index in [4.69, 9.17) is 0 Å². The Kier molecular flexibility index (Phi) is 9.35. The molecule has 0 unspecified atom stereocenters. The third kappa shape index (κ3) is 6.39. The summed E-state index contributed by atoms with van der Waals surface area (Å²) in [6.07, 6.45) is 0. The van der Waals surface area contributed by atoms with Gasteiger partial charge in [0.05, 0.1) is 44.5 Å². The number of nitrogens with zero attached hydrogens (tertiary/aromatic N) is 4. The van der Waals surface area contributed by atoms with Crippen LogP contribution < -0.4 is 4.90 Å². The molecule has 0 saturated carbocycles. The molecule has 77 heavy (non-hydrogen) atoms. The largest absolute Gasteiger partial charge is 0.310 e. The summed E-state index contributed by atoms with van der Waals surface area (Å²) in [5, 5.41) is 9.90. The number of hydrogen-bond donors (Lipinski definition) is 0. The molecular formula is C73H50N4. The summed E-state index contributed by atoms with van der Waals surface area (Å²) in [7, 11) is 0. The van der Waals surface area contributed by atoms with Crippen LogP contribution in [-0.2, 0) is 5.41 Å². The molecule has 12 aromatic carbocycles. The second kappa shape index (κ2) is 16.6. The number of rotatable bonds is 7. The predicted octanol–water partition coefficient (Wildman–Crippen LogP) is 19.6. The molecule has 4 heteroatoms. The summed E-state index contributed by atoms with van der Waals surface area (Å²) in [6, 6.07) is 98.7. The van der Waals surface area contributed by atoms with E-state index in [0.717, 1.165) is 28.4 Å². The van der Waals surface area contributed by atoms with Crippen LogP contribution in [0.5, 0.6) is 0 Å². The van der Waals surface area contributed by atoms with E-state index in [9.17, 15) is 0 Å². The third-order valence-corrected chi connectivity index (χ3v) is 16.8. The van der Waals surface area contributed by atoms with Gasteiger partial charge in [0.15, 0.2) is 0 Å². The van der Waals surface area contributed by atoms with E-state index >= 15 is 0 Å². The Balaban J connectivity index is 0.848. The summed E-state index contributed by atoms with van der Waals surface area (Å²) >= 11 is 0. The molecule has 0 fully saturated rings. The van der Waals surface area contributed by atoms with Gasteiger partial charge in [-0.2, -0.15) is 0 Å². The molecule has 0 bridgehead atoms. The number of aromatic nitrogens is 3. The highest BCUT2D eigenvalue weighted by molar-refractivity contribution is 6.13. The maximum absolute atomic E-state index is 2.49. The summed E-state index contributed by atoms with van der Waals surface area (Å²) in [5.41, 5.74) is 21.4. The molecule has 1 aliphatic rings. The minimum absolute atomic E-state index is 0.279. The molecule has 0 N–H and O–H groups in total. The minimum atomic E-state index is -0.279. The number of hydrogen-bond acceptors (Lipinski definition) is 1. The zero-order valence-electron chi connectivity index (χ0n) is 42.7. The van der Waals surface area contributed by atoms with Gasteiger partial charge in [-0.1, -0.05) is 172 Å². The maximum atomic E-state index is 2.49. The van der Waals surface area contributed by atoms with Crippen molar-refractivity contribution in [3.05, 3.63) is 278 Å². The first kappa shape index (κ1) is 43.5. The highest BCUT2D eigenvalue weighted by Crippen LogP contribution is 2.53. The molecule has 0 aliphatic heterocycles. The second-order valence-corrected chi connectivity index (χ2v) is 21.3. The van der Waals surface area contributed by atoms with Crippen LogP contribution >= 0.6 is 0 Å². The molecule has 0 saturated heterocycles. The molecule has 4 nitrogen and oxygen atoms in total. The fourth-order valence-corrected chi connectivity index (χ4v) is 13.3. The fourth-order valence-electron chi connectivity index (χ4n) is 13.3.